The summed E-state index contributed by atoms with van der Waals surface area (Å²) in [5, 5.41) is 9.80. The van der Waals surface area contributed by atoms with Crippen molar-refractivity contribution >= 4 is 16.9 Å². The van der Waals surface area contributed by atoms with Gasteiger partial charge >= 0.3 is 0 Å². The molecule has 1 amide bonds. The van der Waals surface area contributed by atoms with Crippen molar-refractivity contribution in [2.75, 3.05) is 13.1 Å². The van der Waals surface area contributed by atoms with Crippen LogP contribution in [0.5, 0.6) is 0 Å². The highest BCUT2D eigenvalue weighted by molar-refractivity contribution is 5.99. The standard InChI is InChI=1S/C13H12FNO3/c1-7-10-4-8(14)2-3-11(10)18-12(7)13(17)15-5-9(16)6-15/h2-4,9,16H,5-6H2,1H3. The van der Waals surface area contributed by atoms with Gasteiger partial charge in [0.1, 0.15) is 11.4 Å². The summed E-state index contributed by atoms with van der Waals surface area (Å²) < 4.78 is 18.6. The molecule has 4 nitrogen and oxygen atoms in total. The third kappa shape index (κ3) is 1.59. The van der Waals surface area contributed by atoms with Crippen molar-refractivity contribution in [2.24, 2.45) is 0 Å². The fraction of sp³-hybridized carbons (Fsp3) is 0.308. The van der Waals surface area contributed by atoms with E-state index in [0.29, 0.717) is 29.6 Å². The lowest BCUT2D eigenvalue weighted by atomic mass is 10.1. The van der Waals surface area contributed by atoms with Gasteiger partial charge in [-0.15, -0.1) is 0 Å². The van der Waals surface area contributed by atoms with Gasteiger partial charge in [-0.3, -0.25) is 4.79 Å². The van der Waals surface area contributed by atoms with Gasteiger partial charge in [-0.05, 0) is 25.1 Å². The number of hydrogen-bond donors (Lipinski definition) is 1. The van der Waals surface area contributed by atoms with Crippen LogP contribution in [0, 0.1) is 12.7 Å². The number of furan rings is 1. The molecule has 1 saturated heterocycles. The van der Waals surface area contributed by atoms with E-state index in [0.717, 1.165) is 0 Å². The second-order valence-electron chi connectivity index (χ2n) is 4.56. The quantitative estimate of drug-likeness (QED) is 0.836. The van der Waals surface area contributed by atoms with Crippen LogP contribution in [0.1, 0.15) is 16.1 Å². The third-order valence-electron chi connectivity index (χ3n) is 3.24. The van der Waals surface area contributed by atoms with Crippen LogP contribution in [-0.4, -0.2) is 35.1 Å². The topological polar surface area (TPSA) is 53.7 Å². The minimum atomic E-state index is -0.448. The molecule has 1 fully saturated rings. The number of rotatable bonds is 1. The molecule has 1 aromatic carbocycles. The number of likely N-dealkylation sites (tertiary alicyclic amines) is 1. The minimum Gasteiger partial charge on any atom is -0.451 e. The highest BCUT2D eigenvalue weighted by Crippen LogP contribution is 2.27. The average Bonchev–Trinajstić information content (AvgIpc) is 2.62. The normalized spacial score (nSPS) is 16.1. The molecule has 1 aliphatic rings. The molecule has 2 heterocycles. The number of carbonyl (C=O) groups is 1. The van der Waals surface area contributed by atoms with Crippen molar-refractivity contribution in [3.63, 3.8) is 0 Å². The van der Waals surface area contributed by atoms with Crippen molar-refractivity contribution in [3.8, 4) is 0 Å². The van der Waals surface area contributed by atoms with E-state index in [-0.39, 0.29) is 17.5 Å². The van der Waals surface area contributed by atoms with Gasteiger partial charge < -0.3 is 14.4 Å². The molecule has 1 aromatic heterocycles. The Morgan fingerprint density at radius 3 is 2.89 bits per heavy atom. The molecule has 94 valence electrons. The van der Waals surface area contributed by atoms with Gasteiger partial charge in [0.2, 0.25) is 0 Å². The van der Waals surface area contributed by atoms with E-state index >= 15 is 0 Å². The van der Waals surface area contributed by atoms with Crippen LogP contribution in [-0.2, 0) is 0 Å². The van der Waals surface area contributed by atoms with E-state index in [1.807, 2.05) is 0 Å². The van der Waals surface area contributed by atoms with Crippen LogP contribution < -0.4 is 0 Å². The molecule has 1 aliphatic heterocycles. The van der Waals surface area contributed by atoms with Crippen molar-refractivity contribution < 1.29 is 18.7 Å². The summed E-state index contributed by atoms with van der Waals surface area (Å²) >= 11 is 0. The summed E-state index contributed by atoms with van der Waals surface area (Å²) in [6.07, 6.45) is -0.448. The Morgan fingerprint density at radius 2 is 2.22 bits per heavy atom. The van der Waals surface area contributed by atoms with Crippen LogP contribution in [0.25, 0.3) is 11.0 Å². The fourth-order valence-electron chi connectivity index (χ4n) is 2.16. The predicted octanol–water partition coefficient (Wildman–Crippen LogP) is 1.70. The number of halogens is 1. The monoisotopic (exact) mass is 249 g/mol. The zero-order valence-corrected chi connectivity index (χ0v) is 9.81. The molecular formula is C13H12FNO3. The first-order valence-corrected chi connectivity index (χ1v) is 5.72. The predicted molar refractivity (Wildman–Crippen MR) is 62.8 cm³/mol. The molecule has 3 rings (SSSR count). The van der Waals surface area contributed by atoms with Gasteiger partial charge in [-0.1, -0.05) is 0 Å². The summed E-state index contributed by atoms with van der Waals surface area (Å²) in [6.45, 7) is 2.38. The first-order valence-electron chi connectivity index (χ1n) is 5.72. The summed E-state index contributed by atoms with van der Waals surface area (Å²) in [4.78, 5) is 13.6. The van der Waals surface area contributed by atoms with Gasteiger partial charge in [0, 0.05) is 24.0 Å². The van der Waals surface area contributed by atoms with Gasteiger partial charge in [-0.25, -0.2) is 4.39 Å². The third-order valence-corrected chi connectivity index (χ3v) is 3.24. The van der Waals surface area contributed by atoms with Crippen molar-refractivity contribution in [2.45, 2.75) is 13.0 Å². The molecule has 2 aromatic rings. The Hall–Kier alpha value is -1.88. The molecule has 18 heavy (non-hydrogen) atoms. The lowest BCUT2D eigenvalue weighted by Crippen LogP contribution is -2.53. The van der Waals surface area contributed by atoms with E-state index in [1.165, 1.54) is 23.1 Å². The van der Waals surface area contributed by atoms with Gasteiger partial charge in [0.05, 0.1) is 6.10 Å². The number of hydrogen-bond acceptors (Lipinski definition) is 3. The molecule has 1 N–H and O–H groups in total. The lowest BCUT2D eigenvalue weighted by molar-refractivity contribution is 0.00399. The largest absolute Gasteiger partial charge is 0.451 e. The van der Waals surface area contributed by atoms with E-state index < -0.39 is 6.10 Å². The Morgan fingerprint density at radius 1 is 1.50 bits per heavy atom. The van der Waals surface area contributed by atoms with E-state index in [2.05, 4.69) is 0 Å². The number of β-amino-alcohol motifs (C(OH)–C–C–N with tert-alkyl or cyclic N) is 1. The first kappa shape index (κ1) is 11.2. The number of amides is 1. The maximum absolute atomic E-state index is 13.1. The smallest absolute Gasteiger partial charge is 0.290 e. The minimum absolute atomic E-state index is 0.225. The number of nitrogens with zero attached hydrogens (tertiary/aromatic N) is 1. The first-order chi connectivity index (χ1) is 8.56. The maximum atomic E-state index is 13.1. The highest BCUT2D eigenvalue weighted by Gasteiger charge is 2.32. The van der Waals surface area contributed by atoms with Crippen molar-refractivity contribution in [1.29, 1.82) is 0 Å². The maximum Gasteiger partial charge on any atom is 0.290 e. The molecular weight excluding hydrogens is 237 g/mol. The highest BCUT2D eigenvalue weighted by atomic mass is 19.1. The molecule has 0 unspecified atom stereocenters. The Labute approximate surface area is 103 Å². The van der Waals surface area contributed by atoms with Gasteiger partial charge in [0.25, 0.3) is 5.91 Å². The van der Waals surface area contributed by atoms with Crippen molar-refractivity contribution in [1.82, 2.24) is 4.90 Å². The summed E-state index contributed by atoms with van der Waals surface area (Å²) in [5.41, 5.74) is 1.13. The second kappa shape index (κ2) is 3.81. The molecule has 0 atom stereocenters. The molecule has 5 heteroatoms. The lowest BCUT2D eigenvalue weighted by Gasteiger charge is -2.35. The average molecular weight is 249 g/mol. The van der Waals surface area contributed by atoms with Crippen LogP contribution in [0.3, 0.4) is 0 Å². The number of aryl methyl sites for hydroxylation is 1. The van der Waals surface area contributed by atoms with E-state index in [4.69, 9.17) is 4.42 Å². The Balaban J connectivity index is 2.02. The molecule has 0 aliphatic carbocycles. The number of benzene rings is 1. The second-order valence-corrected chi connectivity index (χ2v) is 4.56. The summed E-state index contributed by atoms with van der Waals surface area (Å²) in [7, 11) is 0. The number of carbonyl (C=O) groups excluding carboxylic acids is 1. The number of aliphatic hydroxyl groups is 1. The van der Waals surface area contributed by atoms with Crippen molar-refractivity contribution in [3.05, 3.63) is 35.3 Å². The summed E-state index contributed by atoms with van der Waals surface area (Å²) in [5.74, 6) is -0.387. The zero-order chi connectivity index (χ0) is 12.9. The van der Waals surface area contributed by atoms with E-state index in [9.17, 15) is 14.3 Å². The van der Waals surface area contributed by atoms with Gasteiger partial charge in [-0.2, -0.15) is 0 Å². The molecule has 0 spiro atoms. The Kier molecular flexibility index (Phi) is 2.38. The fourth-order valence-corrected chi connectivity index (χ4v) is 2.16. The van der Waals surface area contributed by atoms with E-state index in [1.54, 1.807) is 6.92 Å². The zero-order valence-electron chi connectivity index (χ0n) is 9.81. The van der Waals surface area contributed by atoms with Crippen LogP contribution in [0.15, 0.2) is 22.6 Å². The van der Waals surface area contributed by atoms with Crippen LogP contribution in [0.4, 0.5) is 4.39 Å². The molecule has 0 saturated carbocycles. The Bertz CT molecular complexity index is 628. The van der Waals surface area contributed by atoms with Gasteiger partial charge in [0.15, 0.2) is 5.76 Å². The molecule has 0 bridgehead atoms. The number of aliphatic hydroxyl groups excluding tert-OH is 1. The number of fused-ring (bicyclic) bond motifs is 1. The van der Waals surface area contributed by atoms with Crippen LogP contribution >= 0.6 is 0 Å². The summed E-state index contributed by atoms with van der Waals surface area (Å²) in [6, 6.07) is 4.17. The SMILES string of the molecule is Cc1c(C(=O)N2CC(O)C2)oc2ccc(F)cc12. The van der Waals surface area contributed by atoms with Crippen LogP contribution in [0.2, 0.25) is 0 Å². The molecule has 0 radical (unpaired) electrons.